The second kappa shape index (κ2) is 5.45. The molecule has 1 aromatic carbocycles. The summed E-state index contributed by atoms with van der Waals surface area (Å²) < 4.78 is 0. The Balaban J connectivity index is 1.64. The average molecular weight is 247 g/mol. The van der Waals surface area contributed by atoms with Crippen molar-refractivity contribution in [1.29, 1.82) is 0 Å². The molecule has 0 radical (unpaired) electrons. The molecule has 0 saturated heterocycles. The van der Waals surface area contributed by atoms with E-state index in [0.717, 1.165) is 5.92 Å². The number of hydrogen-bond donors (Lipinski definition) is 1. The predicted octanol–water partition coefficient (Wildman–Crippen LogP) is 4.00. The fourth-order valence-electron chi connectivity index (χ4n) is 3.08. The van der Waals surface area contributed by atoms with Gasteiger partial charge in [0, 0.05) is 10.9 Å². The van der Waals surface area contributed by atoms with Crippen molar-refractivity contribution >= 4 is 11.8 Å². The highest BCUT2D eigenvalue weighted by atomic mass is 32.2. The van der Waals surface area contributed by atoms with Crippen molar-refractivity contribution in [3.05, 3.63) is 29.8 Å². The minimum atomic E-state index is 0.605. The van der Waals surface area contributed by atoms with E-state index in [0.29, 0.717) is 6.04 Å². The summed E-state index contributed by atoms with van der Waals surface area (Å²) >= 11 is 2.01. The SMILES string of the molecule is c1ccc2c(c1)SCCC2NCC1CCCC1. The first-order valence-corrected chi connectivity index (χ1v) is 7.87. The normalized spacial score (nSPS) is 24.8. The lowest BCUT2D eigenvalue weighted by atomic mass is 10.0. The Morgan fingerprint density at radius 3 is 2.82 bits per heavy atom. The molecule has 1 nitrogen and oxygen atoms in total. The van der Waals surface area contributed by atoms with Crippen LogP contribution < -0.4 is 5.32 Å². The maximum absolute atomic E-state index is 3.81. The zero-order chi connectivity index (χ0) is 11.5. The van der Waals surface area contributed by atoms with Gasteiger partial charge in [0.25, 0.3) is 0 Å². The van der Waals surface area contributed by atoms with Gasteiger partial charge in [-0.1, -0.05) is 31.0 Å². The monoisotopic (exact) mass is 247 g/mol. The largest absolute Gasteiger partial charge is 0.310 e. The number of hydrogen-bond acceptors (Lipinski definition) is 2. The molecule has 3 rings (SSSR count). The van der Waals surface area contributed by atoms with Crippen molar-refractivity contribution in [2.75, 3.05) is 12.3 Å². The molecule has 1 heterocycles. The Hall–Kier alpha value is -0.470. The number of fused-ring (bicyclic) bond motifs is 1. The summed E-state index contributed by atoms with van der Waals surface area (Å²) in [6.45, 7) is 1.23. The second-order valence-corrected chi connectivity index (χ2v) is 6.42. The first-order chi connectivity index (χ1) is 8.43. The van der Waals surface area contributed by atoms with Crippen LogP contribution in [0.3, 0.4) is 0 Å². The lowest BCUT2D eigenvalue weighted by molar-refractivity contribution is 0.427. The van der Waals surface area contributed by atoms with Crippen molar-refractivity contribution < 1.29 is 0 Å². The molecule has 1 aliphatic heterocycles. The van der Waals surface area contributed by atoms with E-state index >= 15 is 0 Å². The molecule has 0 bridgehead atoms. The number of rotatable bonds is 3. The van der Waals surface area contributed by atoms with Gasteiger partial charge < -0.3 is 5.32 Å². The van der Waals surface area contributed by atoms with Gasteiger partial charge >= 0.3 is 0 Å². The topological polar surface area (TPSA) is 12.0 Å². The van der Waals surface area contributed by atoms with E-state index in [-0.39, 0.29) is 0 Å². The third-order valence-electron chi connectivity index (χ3n) is 4.09. The molecule has 0 amide bonds. The molecule has 1 atom stereocenters. The first kappa shape index (κ1) is 11.6. The fraction of sp³-hybridized carbons (Fsp3) is 0.600. The second-order valence-electron chi connectivity index (χ2n) is 5.29. The minimum absolute atomic E-state index is 0.605. The summed E-state index contributed by atoms with van der Waals surface area (Å²) in [7, 11) is 0. The van der Waals surface area contributed by atoms with Gasteiger partial charge in [-0.15, -0.1) is 11.8 Å². The average Bonchev–Trinajstić information content (AvgIpc) is 2.89. The van der Waals surface area contributed by atoms with Crippen molar-refractivity contribution in [1.82, 2.24) is 5.32 Å². The van der Waals surface area contributed by atoms with Gasteiger partial charge in [-0.05, 0) is 49.1 Å². The van der Waals surface area contributed by atoms with Crippen LogP contribution in [-0.4, -0.2) is 12.3 Å². The van der Waals surface area contributed by atoms with Crippen LogP contribution in [0.4, 0.5) is 0 Å². The lowest BCUT2D eigenvalue weighted by Gasteiger charge is -2.27. The zero-order valence-corrected chi connectivity index (χ0v) is 11.1. The molecule has 1 N–H and O–H groups in total. The first-order valence-electron chi connectivity index (χ1n) is 6.88. The minimum Gasteiger partial charge on any atom is -0.310 e. The van der Waals surface area contributed by atoms with Gasteiger partial charge in [-0.25, -0.2) is 0 Å². The molecule has 92 valence electrons. The molecular formula is C15H21NS. The van der Waals surface area contributed by atoms with Crippen LogP contribution >= 0.6 is 11.8 Å². The standard InChI is InChI=1S/C15H21NS/c1-2-6-12(5-1)11-16-14-9-10-17-15-8-4-3-7-13(14)15/h3-4,7-8,12,14,16H,1-2,5-6,9-11H2. The number of benzene rings is 1. The Bertz CT molecular complexity index is 371. The van der Waals surface area contributed by atoms with Crippen LogP contribution in [0.25, 0.3) is 0 Å². The van der Waals surface area contributed by atoms with Crippen molar-refractivity contribution in [2.24, 2.45) is 5.92 Å². The molecule has 2 heteroatoms. The van der Waals surface area contributed by atoms with Gasteiger partial charge in [0.05, 0.1) is 0 Å². The molecule has 17 heavy (non-hydrogen) atoms. The smallest absolute Gasteiger partial charge is 0.0339 e. The van der Waals surface area contributed by atoms with E-state index in [1.54, 1.807) is 0 Å². The van der Waals surface area contributed by atoms with Crippen molar-refractivity contribution in [3.8, 4) is 0 Å². The molecule has 2 aliphatic rings. The van der Waals surface area contributed by atoms with Gasteiger partial charge in [0.1, 0.15) is 0 Å². The number of nitrogens with one attached hydrogen (secondary N) is 1. The molecule has 1 aliphatic carbocycles. The van der Waals surface area contributed by atoms with Crippen LogP contribution in [0.5, 0.6) is 0 Å². The molecule has 1 saturated carbocycles. The summed E-state index contributed by atoms with van der Waals surface area (Å²) in [4.78, 5) is 1.49. The van der Waals surface area contributed by atoms with Crippen LogP contribution in [0.2, 0.25) is 0 Å². The summed E-state index contributed by atoms with van der Waals surface area (Å²) in [5.74, 6) is 2.20. The Morgan fingerprint density at radius 1 is 1.12 bits per heavy atom. The van der Waals surface area contributed by atoms with Gasteiger partial charge in [0.2, 0.25) is 0 Å². The lowest BCUT2D eigenvalue weighted by Crippen LogP contribution is -2.28. The van der Waals surface area contributed by atoms with Crippen LogP contribution in [0.15, 0.2) is 29.2 Å². The van der Waals surface area contributed by atoms with E-state index < -0.39 is 0 Å². The maximum atomic E-state index is 3.81. The fourth-order valence-corrected chi connectivity index (χ4v) is 4.20. The maximum Gasteiger partial charge on any atom is 0.0339 e. The van der Waals surface area contributed by atoms with Crippen LogP contribution in [0.1, 0.15) is 43.7 Å². The van der Waals surface area contributed by atoms with E-state index in [9.17, 15) is 0 Å². The highest BCUT2D eigenvalue weighted by Gasteiger charge is 2.22. The van der Waals surface area contributed by atoms with Gasteiger partial charge in [-0.3, -0.25) is 0 Å². The van der Waals surface area contributed by atoms with E-state index in [1.807, 2.05) is 11.8 Å². The molecule has 0 spiro atoms. The highest BCUT2D eigenvalue weighted by Crippen LogP contribution is 2.36. The van der Waals surface area contributed by atoms with Gasteiger partial charge in [-0.2, -0.15) is 0 Å². The van der Waals surface area contributed by atoms with E-state index in [1.165, 1.54) is 54.9 Å². The van der Waals surface area contributed by atoms with E-state index in [4.69, 9.17) is 0 Å². The molecule has 1 unspecified atom stereocenters. The van der Waals surface area contributed by atoms with E-state index in [2.05, 4.69) is 29.6 Å². The zero-order valence-electron chi connectivity index (χ0n) is 10.3. The Morgan fingerprint density at radius 2 is 1.94 bits per heavy atom. The Kier molecular flexibility index (Phi) is 3.72. The summed E-state index contributed by atoms with van der Waals surface area (Å²) in [6, 6.07) is 9.50. The summed E-state index contributed by atoms with van der Waals surface area (Å²) in [5, 5.41) is 3.81. The summed E-state index contributed by atoms with van der Waals surface area (Å²) in [5.41, 5.74) is 1.53. The molecular weight excluding hydrogens is 226 g/mol. The van der Waals surface area contributed by atoms with Crippen LogP contribution in [-0.2, 0) is 0 Å². The third-order valence-corrected chi connectivity index (χ3v) is 5.21. The highest BCUT2D eigenvalue weighted by molar-refractivity contribution is 7.99. The van der Waals surface area contributed by atoms with Crippen LogP contribution in [0, 0.1) is 5.92 Å². The predicted molar refractivity (Wildman–Crippen MR) is 74.5 cm³/mol. The summed E-state index contributed by atoms with van der Waals surface area (Å²) in [6.07, 6.45) is 7.06. The van der Waals surface area contributed by atoms with Crippen molar-refractivity contribution in [3.63, 3.8) is 0 Å². The quantitative estimate of drug-likeness (QED) is 0.866. The molecule has 0 aromatic heterocycles. The number of thioether (sulfide) groups is 1. The Labute approximate surface area is 108 Å². The third kappa shape index (κ3) is 2.69. The molecule has 1 aromatic rings. The van der Waals surface area contributed by atoms with Gasteiger partial charge in [0.15, 0.2) is 0 Å². The molecule has 1 fully saturated rings. The van der Waals surface area contributed by atoms with Crippen molar-refractivity contribution in [2.45, 2.75) is 43.0 Å².